The molecule has 0 atom stereocenters. The van der Waals surface area contributed by atoms with Crippen LogP contribution in [0.4, 0.5) is 5.69 Å². The van der Waals surface area contributed by atoms with Gasteiger partial charge in [0.2, 0.25) is 0 Å². The maximum atomic E-state index is 6.27. The van der Waals surface area contributed by atoms with Gasteiger partial charge in [-0.15, -0.1) is 5.10 Å². The zero-order chi connectivity index (χ0) is 14.1. The van der Waals surface area contributed by atoms with Crippen LogP contribution in [0.25, 0.3) is 11.4 Å². The normalized spacial score (nSPS) is 22.9. The third-order valence-electron chi connectivity index (χ3n) is 4.09. The van der Waals surface area contributed by atoms with Crippen LogP contribution in [0, 0.1) is 5.92 Å². The summed E-state index contributed by atoms with van der Waals surface area (Å²) in [7, 11) is 0. The lowest BCUT2D eigenvalue weighted by atomic mass is 9.87. The Kier molecular flexibility index (Phi) is 3.61. The molecule has 1 aromatic heterocycles. The zero-order valence-corrected chi connectivity index (χ0v) is 12.2. The van der Waals surface area contributed by atoms with Crippen LogP contribution >= 0.6 is 11.6 Å². The number of nitrogens with two attached hydrogens (primary N) is 1. The van der Waals surface area contributed by atoms with E-state index in [1.54, 1.807) is 0 Å². The molecule has 1 aliphatic rings. The third-order valence-corrected chi connectivity index (χ3v) is 4.41. The Bertz CT molecular complexity index is 581. The van der Waals surface area contributed by atoms with Gasteiger partial charge in [0.15, 0.2) is 5.82 Å². The number of benzene rings is 1. The third kappa shape index (κ3) is 2.38. The summed E-state index contributed by atoms with van der Waals surface area (Å²) in [4.78, 5) is 0. The van der Waals surface area contributed by atoms with E-state index in [0.29, 0.717) is 22.6 Å². The molecule has 1 aromatic carbocycles. The molecule has 2 N–H and O–H groups in total. The minimum absolute atomic E-state index is 0.340. The van der Waals surface area contributed by atoms with Gasteiger partial charge >= 0.3 is 0 Å². The van der Waals surface area contributed by atoms with E-state index in [1.165, 1.54) is 12.8 Å². The molecule has 106 valence electrons. The number of rotatable bonds is 2. The first-order valence-corrected chi connectivity index (χ1v) is 7.37. The van der Waals surface area contributed by atoms with E-state index >= 15 is 0 Å². The molecule has 0 bridgehead atoms. The first-order chi connectivity index (χ1) is 9.66. The van der Waals surface area contributed by atoms with Gasteiger partial charge in [-0.25, -0.2) is 4.68 Å². The highest BCUT2D eigenvalue weighted by atomic mass is 35.5. The monoisotopic (exact) mass is 291 g/mol. The second kappa shape index (κ2) is 5.40. The van der Waals surface area contributed by atoms with Gasteiger partial charge in [-0.1, -0.05) is 24.6 Å². The molecule has 6 heteroatoms. The summed E-state index contributed by atoms with van der Waals surface area (Å²) in [5, 5.41) is 12.7. The highest BCUT2D eigenvalue weighted by molar-refractivity contribution is 6.33. The standard InChI is InChI=1S/C14H18ClN5/c1-9-5-7-10(8-6-9)20-14(17-18-19-20)13-11(15)3-2-4-12(13)16/h2-4,9-10H,5-8,16H2,1H3. The number of aromatic nitrogens is 4. The van der Waals surface area contributed by atoms with E-state index in [0.717, 1.165) is 24.3 Å². The Morgan fingerprint density at radius 3 is 2.70 bits per heavy atom. The van der Waals surface area contributed by atoms with E-state index in [2.05, 4.69) is 22.4 Å². The van der Waals surface area contributed by atoms with E-state index in [1.807, 2.05) is 22.9 Å². The molecule has 1 saturated carbocycles. The van der Waals surface area contributed by atoms with Crippen LogP contribution in [-0.4, -0.2) is 20.2 Å². The van der Waals surface area contributed by atoms with E-state index in [9.17, 15) is 0 Å². The average Bonchev–Trinajstić information content (AvgIpc) is 2.88. The summed E-state index contributed by atoms with van der Waals surface area (Å²) >= 11 is 6.27. The fraction of sp³-hybridized carbons (Fsp3) is 0.500. The molecule has 1 heterocycles. The largest absolute Gasteiger partial charge is 0.398 e. The summed E-state index contributed by atoms with van der Waals surface area (Å²) in [5.74, 6) is 1.46. The van der Waals surface area contributed by atoms with Crippen LogP contribution < -0.4 is 5.73 Å². The molecule has 0 spiro atoms. The maximum absolute atomic E-state index is 6.27. The van der Waals surface area contributed by atoms with Crippen molar-refractivity contribution >= 4 is 17.3 Å². The predicted octanol–water partition coefficient (Wildman–Crippen LogP) is 3.33. The fourth-order valence-corrected chi connectivity index (χ4v) is 3.13. The van der Waals surface area contributed by atoms with E-state index in [4.69, 9.17) is 17.3 Å². The first-order valence-electron chi connectivity index (χ1n) is 6.99. The molecular formula is C14H18ClN5. The molecule has 0 saturated heterocycles. The Hall–Kier alpha value is -1.62. The molecule has 3 rings (SSSR count). The SMILES string of the molecule is CC1CCC(n2nnnc2-c2c(N)cccc2Cl)CC1. The van der Waals surface area contributed by atoms with Gasteiger partial charge < -0.3 is 5.73 Å². The van der Waals surface area contributed by atoms with Crippen molar-refractivity contribution in [3.63, 3.8) is 0 Å². The number of hydrogen-bond acceptors (Lipinski definition) is 4. The highest BCUT2D eigenvalue weighted by Crippen LogP contribution is 2.36. The molecule has 20 heavy (non-hydrogen) atoms. The fourth-order valence-electron chi connectivity index (χ4n) is 2.87. The van der Waals surface area contributed by atoms with Crippen molar-refractivity contribution in [3.05, 3.63) is 23.2 Å². The van der Waals surface area contributed by atoms with E-state index in [-0.39, 0.29) is 0 Å². The van der Waals surface area contributed by atoms with Crippen molar-refractivity contribution in [2.75, 3.05) is 5.73 Å². The van der Waals surface area contributed by atoms with Gasteiger partial charge in [-0.05, 0) is 54.2 Å². The quantitative estimate of drug-likeness (QED) is 0.862. The lowest BCUT2D eigenvalue weighted by molar-refractivity contribution is 0.272. The van der Waals surface area contributed by atoms with Crippen LogP contribution in [0.1, 0.15) is 38.6 Å². The van der Waals surface area contributed by atoms with Crippen molar-refractivity contribution in [1.82, 2.24) is 20.2 Å². The lowest BCUT2D eigenvalue weighted by Gasteiger charge is -2.26. The molecule has 0 aliphatic heterocycles. The molecule has 2 aromatic rings. The van der Waals surface area contributed by atoms with Gasteiger partial charge in [-0.3, -0.25) is 0 Å². The maximum Gasteiger partial charge on any atom is 0.185 e. The Balaban J connectivity index is 1.98. The lowest BCUT2D eigenvalue weighted by Crippen LogP contribution is -2.19. The molecular weight excluding hydrogens is 274 g/mol. The van der Waals surface area contributed by atoms with Crippen molar-refractivity contribution in [3.8, 4) is 11.4 Å². The Morgan fingerprint density at radius 1 is 1.25 bits per heavy atom. The van der Waals surface area contributed by atoms with Crippen molar-refractivity contribution in [2.24, 2.45) is 5.92 Å². The molecule has 0 radical (unpaired) electrons. The molecule has 5 nitrogen and oxygen atoms in total. The second-order valence-corrected chi connectivity index (χ2v) is 5.97. The number of halogens is 1. The summed E-state index contributed by atoms with van der Waals surface area (Å²) in [6.07, 6.45) is 4.62. The van der Waals surface area contributed by atoms with Crippen LogP contribution in [0.2, 0.25) is 5.02 Å². The number of nitrogens with zero attached hydrogens (tertiary/aromatic N) is 4. The predicted molar refractivity (Wildman–Crippen MR) is 79.3 cm³/mol. The minimum Gasteiger partial charge on any atom is -0.398 e. The topological polar surface area (TPSA) is 69.6 Å². The Morgan fingerprint density at radius 2 is 2.00 bits per heavy atom. The van der Waals surface area contributed by atoms with Gasteiger partial charge in [0, 0.05) is 5.69 Å². The summed E-state index contributed by atoms with van der Waals surface area (Å²) < 4.78 is 1.89. The van der Waals surface area contributed by atoms with Gasteiger partial charge in [-0.2, -0.15) is 0 Å². The summed E-state index contributed by atoms with van der Waals surface area (Å²) in [6, 6.07) is 5.81. The van der Waals surface area contributed by atoms with Crippen LogP contribution in [0.15, 0.2) is 18.2 Å². The van der Waals surface area contributed by atoms with Crippen LogP contribution in [-0.2, 0) is 0 Å². The van der Waals surface area contributed by atoms with Crippen molar-refractivity contribution < 1.29 is 0 Å². The van der Waals surface area contributed by atoms with Crippen molar-refractivity contribution in [1.29, 1.82) is 0 Å². The smallest absolute Gasteiger partial charge is 0.185 e. The van der Waals surface area contributed by atoms with Crippen molar-refractivity contribution in [2.45, 2.75) is 38.6 Å². The number of nitrogen functional groups attached to an aromatic ring is 1. The van der Waals surface area contributed by atoms with Gasteiger partial charge in [0.05, 0.1) is 16.6 Å². The molecule has 1 aliphatic carbocycles. The number of tetrazole rings is 1. The number of hydrogen-bond donors (Lipinski definition) is 1. The second-order valence-electron chi connectivity index (χ2n) is 5.56. The Labute approximate surface area is 123 Å². The van der Waals surface area contributed by atoms with Crippen LogP contribution in [0.5, 0.6) is 0 Å². The van der Waals surface area contributed by atoms with Gasteiger partial charge in [0.1, 0.15) is 0 Å². The molecule has 0 amide bonds. The highest BCUT2D eigenvalue weighted by Gasteiger charge is 2.25. The molecule has 1 fully saturated rings. The van der Waals surface area contributed by atoms with Crippen LogP contribution in [0.3, 0.4) is 0 Å². The minimum atomic E-state index is 0.340. The zero-order valence-electron chi connectivity index (χ0n) is 11.5. The van der Waals surface area contributed by atoms with Gasteiger partial charge in [0.25, 0.3) is 0 Å². The number of anilines is 1. The summed E-state index contributed by atoms with van der Waals surface area (Å²) in [5.41, 5.74) is 7.38. The average molecular weight is 292 g/mol. The molecule has 0 unspecified atom stereocenters. The summed E-state index contributed by atoms with van der Waals surface area (Å²) in [6.45, 7) is 2.29. The van der Waals surface area contributed by atoms with E-state index < -0.39 is 0 Å². The first kappa shape index (κ1) is 13.4.